The number of rotatable bonds is 8. The first kappa shape index (κ1) is 18.2. The number of ether oxygens (including phenoxy) is 1. The molecule has 0 saturated carbocycles. The van der Waals surface area contributed by atoms with Gasteiger partial charge in [-0.25, -0.2) is 13.2 Å². The van der Waals surface area contributed by atoms with Crippen LogP contribution in [0.25, 0.3) is 0 Å². The number of hydrogen-bond donors (Lipinski definition) is 2. The van der Waals surface area contributed by atoms with Crippen molar-refractivity contribution in [2.24, 2.45) is 5.92 Å². The minimum absolute atomic E-state index is 0.0995. The average molecular weight is 313 g/mol. The van der Waals surface area contributed by atoms with Gasteiger partial charge in [-0.3, -0.25) is 4.79 Å². The highest BCUT2D eigenvalue weighted by molar-refractivity contribution is 7.88. The lowest BCUT2D eigenvalue weighted by molar-refractivity contribution is -0.166. The number of carbonyl (C=O) groups is 2. The minimum Gasteiger partial charge on any atom is -0.478 e. The van der Waals surface area contributed by atoms with Crippen LogP contribution in [-0.2, 0) is 24.3 Å². The molecule has 0 radical (unpaired) electrons. The number of carboxylic acid groups (broad SMARTS) is 1. The lowest BCUT2D eigenvalue weighted by atomic mass is 10.2. The first-order valence-electron chi connectivity index (χ1n) is 5.62. The van der Waals surface area contributed by atoms with Crippen molar-refractivity contribution in [2.75, 3.05) is 25.1 Å². The Labute approximate surface area is 118 Å². The summed E-state index contributed by atoms with van der Waals surface area (Å²) in [4.78, 5) is 22.5. The number of likely N-dealkylation sites (N-methyl/N-ethyl adjacent to an activating group) is 1. The second-order valence-electron chi connectivity index (χ2n) is 4.06. The molecule has 0 bridgehead atoms. The Morgan fingerprint density at radius 2 is 1.95 bits per heavy atom. The van der Waals surface area contributed by atoms with Gasteiger partial charge in [0.2, 0.25) is 16.1 Å². The van der Waals surface area contributed by atoms with E-state index >= 15 is 0 Å². The van der Waals surface area contributed by atoms with Crippen molar-refractivity contribution < 1.29 is 27.9 Å². The lowest BCUT2D eigenvalue weighted by Gasteiger charge is -2.23. The Bertz CT molecular complexity index is 422. The summed E-state index contributed by atoms with van der Waals surface area (Å²) < 4.78 is 28.5. The van der Waals surface area contributed by atoms with Crippen molar-refractivity contribution in [1.29, 1.82) is 0 Å². The van der Waals surface area contributed by atoms with Crippen LogP contribution in [-0.4, -0.2) is 61.0 Å². The van der Waals surface area contributed by atoms with Gasteiger partial charge >= 0.3 is 11.9 Å². The molecule has 0 aliphatic rings. The van der Waals surface area contributed by atoms with Crippen LogP contribution in [0.4, 0.5) is 0 Å². The molecule has 0 saturated heterocycles. The largest absolute Gasteiger partial charge is 0.478 e. The quantitative estimate of drug-likeness (QED) is 0.476. The van der Waals surface area contributed by atoms with Gasteiger partial charge in [0.1, 0.15) is 0 Å². The fraction of sp³-hybridized carbons (Fsp3) is 0.800. The highest BCUT2D eigenvalue weighted by Gasteiger charge is 2.29. The molecule has 112 valence electrons. The number of nitrogens with zero attached hydrogens (tertiary/aromatic N) is 1. The van der Waals surface area contributed by atoms with E-state index < -0.39 is 40.5 Å². The highest BCUT2D eigenvalue weighted by Crippen LogP contribution is 2.08. The van der Waals surface area contributed by atoms with Crippen LogP contribution in [0.15, 0.2) is 0 Å². The Hall–Kier alpha value is -0.800. The van der Waals surface area contributed by atoms with Gasteiger partial charge < -0.3 is 9.84 Å². The van der Waals surface area contributed by atoms with E-state index in [2.05, 4.69) is 12.6 Å². The number of sulfonamides is 1. The standard InChI is InChI=1S/C10H19NO6S2/c1-4-11(19(3,15)16)5-8(9(12)13)17-10(14)7(2)6-18/h7-8,18H,4-6H2,1-3H3,(H,12,13)/t7-,8?/m1/s1. The molecule has 2 atom stereocenters. The molecule has 0 heterocycles. The summed E-state index contributed by atoms with van der Waals surface area (Å²) in [5.74, 6) is -2.44. The molecule has 0 aromatic rings. The molecule has 0 amide bonds. The van der Waals surface area contributed by atoms with Gasteiger partial charge in [-0.05, 0) is 0 Å². The normalized spacial score (nSPS) is 15.0. The number of carbonyl (C=O) groups excluding carboxylic acids is 1. The van der Waals surface area contributed by atoms with Crippen LogP contribution in [0.2, 0.25) is 0 Å². The van der Waals surface area contributed by atoms with Crippen molar-refractivity contribution in [3.05, 3.63) is 0 Å². The van der Waals surface area contributed by atoms with Crippen molar-refractivity contribution in [1.82, 2.24) is 4.31 Å². The van der Waals surface area contributed by atoms with E-state index in [1.54, 1.807) is 13.8 Å². The van der Waals surface area contributed by atoms with E-state index in [-0.39, 0.29) is 12.3 Å². The zero-order valence-electron chi connectivity index (χ0n) is 11.1. The third-order valence-corrected chi connectivity index (χ3v) is 4.29. The van der Waals surface area contributed by atoms with Crippen LogP contribution in [0.5, 0.6) is 0 Å². The van der Waals surface area contributed by atoms with E-state index in [1.807, 2.05) is 0 Å². The molecule has 1 unspecified atom stereocenters. The summed E-state index contributed by atoms with van der Waals surface area (Å²) in [5, 5.41) is 8.97. The third kappa shape index (κ3) is 6.26. The molecule has 19 heavy (non-hydrogen) atoms. The number of aliphatic carboxylic acids is 1. The van der Waals surface area contributed by atoms with E-state index in [9.17, 15) is 18.0 Å². The van der Waals surface area contributed by atoms with Crippen LogP contribution in [0.1, 0.15) is 13.8 Å². The van der Waals surface area contributed by atoms with Crippen molar-refractivity contribution >= 4 is 34.6 Å². The molecule has 0 spiro atoms. The molecule has 0 rings (SSSR count). The van der Waals surface area contributed by atoms with Gasteiger partial charge in [-0.15, -0.1) is 0 Å². The highest BCUT2D eigenvalue weighted by atomic mass is 32.2. The van der Waals surface area contributed by atoms with E-state index in [4.69, 9.17) is 9.84 Å². The van der Waals surface area contributed by atoms with E-state index in [0.717, 1.165) is 10.6 Å². The molecule has 0 aliphatic heterocycles. The van der Waals surface area contributed by atoms with Gasteiger partial charge in [0.15, 0.2) is 0 Å². The van der Waals surface area contributed by atoms with E-state index in [1.165, 1.54) is 0 Å². The summed E-state index contributed by atoms with van der Waals surface area (Å²) >= 11 is 3.91. The molecular formula is C10H19NO6S2. The topological polar surface area (TPSA) is 101 Å². The summed E-state index contributed by atoms with van der Waals surface area (Å²) in [6.45, 7) is 2.80. The van der Waals surface area contributed by atoms with Crippen LogP contribution < -0.4 is 0 Å². The van der Waals surface area contributed by atoms with Crippen molar-refractivity contribution in [2.45, 2.75) is 20.0 Å². The molecule has 7 nitrogen and oxygen atoms in total. The molecule has 1 N–H and O–H groups in total. The fourth-order valence-corrected chi connectivity index (χ4v) is 2.20. The maximum atomic E-state index is 11.5. The number of esters is 1. The van der Waals surface area contributed by atoms with Crippen molar-refractivity contribution in [3.8, 4) is 0 Å². The van der Waals surface area contributed by atoms with Gasteiger partial charge in [0, 0.05) is 12.3 Å². The molecule has 0 aromatic carbocycles. The Morgan fingerprint density at radius 1 is 1.42 bits per heavy atom. The zero-order chi connectivity index (χ0) is 15.2. The first-order valence-corrected chi connectivity index (χ1v) is 8.10. The van der Waals surface area contributed by atoms with E-state index in [0.29, 0.717) is 0 Å². The summed E-state index contributed by atoms with van der Waals surface area (Å²) in [5.41, 5.74) is 0. The maximum absolute atomic E-state index is 11.5. The van der Waals surface area contributed by atoms with Gasteiger partial charge in [0.05, 0.1) is 18.7 Å². The molecule has 9 heteroatoms. The summed E-state index contributed by atoms with van der Waals surface area (Å²) in [6, 6.07) is 0. The van der Waals surface area contributed by atoms with Crippen molar-refractivity contribution in [3.63, 3.8) is 0 Å². The second-order valence-corrected chi connectivity index (χ2v) is 6.41. The monoisotopic (exact) mass is 313 g/mol. The smallest absolute Gasteiger partial charge is 0.346 e. The summed E-state index contributed by atoms with van der Waals surface area (Å²) in [7, 11) is -3.54. The fourth-order valence-electron chi connectivity index (χ4n) is 1.18. The predicted molar refractivity (Wildman–Crippen MR) is 72.6 cm³/mol. The molecule has 0 aromatic heterocycles. The average Bonchev–Trinajstić information content (AvgIpc) is 2.30. The van der Waals surface area contributed by atoms with Crippen LogP contribution in [0.3, 0.4) is 0 Å². The Morgan fingerprint density at radius 3 is 2.26 bits per heavy atom. The van der Waals surface area contributed by atoms with Crippen LogP contribution >= 0.6 is 12.6 Å². The lowest BCUT2D eigenvalue weighted by Crippen LogP contribution is -2.43. The minimum atomic E-state index is -3.54. The maximum Gasteiger partial charge on any atom is 0.346 e. The molecule has 0 fully saturated rings. The number of hydrogen-bond acceptors (Lipinski definition) is 6. The Kier molecular flexibility index (Phi) is 7.38. The second kappa shape index (κ2) is 7.71. The SMILES string of the molecule is CCN(CC(OC(=O)[C@H](C)CS)C(=O)O)S(C)(=O)=O. The number of thiol groups is 1. The van der Waals surface area contributed by atoms with Crippen LogP contribution in [0, 0.1) is 5.92 Å². The molecular weight excluding hydrogens is 294 g/mol. The summed E-state index contributed by atoms with van der Waals surface area (Å²) in [6.07, 6.45) is -0.558. The Balaban J connectivity index is 4.85. The first-order chi connectivity index (χ1) is 8.63. The molecule has 0 aliphatic carbocycles. The van der Waals surface area contributed by atoms with Gasteiger partial charge in [0.25, 0.3) is 0 Å². The zero-order valence-corrected chi connectivity index (χ0v) is 12.8. The number of carboxylic acids is 1. The third-order valence-electron chi connectivity index (χ3n) is 2.40. The predicted octanol–water partition coefficient (Wildman–Crippen LogP) is -0.170. The van der Waals surface area contributed by atoms with Gasteiger partial charge in [-0.2, -0.15) is 16.9 Å². The van der Waals surface area contributed by atoms with Gasteiger partial charge in [-0.1, -0.05) is 13.8 Å².